The predicted octanol–water partition coefficient (Wildman–Crippen LogP) is 3.15. The summed E-state index contributed by atoms with van der Waals surface area (Å²) in [7, 11) is 0. The Morgan fingerprint density at radius 1 is 1.41 bits per heavy atom. The van der Waals surface area contributed by atoms with Crippen molar-refractivity contribution in [1.29, 1.82) is 0 Å². The van der Waals surface area contributed by atoms with E-state index in [1.807, 2.05) is 37.3 Å². The van der Waals surface area contributed by atoms with Gasteiger partial charge in [-0.15, -0.1) is 24.8 Å². The summed E-state index contributed by atoms with van der Waals surface area (Å²) in [5, 5.41) is 12.8. The molecule has 126 valence electrons. The molecule has 0 heterocycles. The van der Waals surface area contributed by atoms with Gasteiger partial charge in [-0.25, -0.2) is 0 Å². The van der Waals surface area contributed by atoms with Crippen LogP contribution in [0.3, 0.4) is 0 Å². The van der Waals surface area contributed by atoms with Gasteiger partial charge in [0.15, 0.2) is 0 Å². The van der Waals surface area contributed by atoms with E-state index in [9.17, 15) is 9.90 Å². The molecular formula is C16H26Cl2N2O2. The van der Waals surface area contributed by atoms with Gasteiger partial charge in [-0.1, -0.05) is 43.7 Å². The summed E-state index contributed by atoms with van der Waals surface area (Å²) in [5.41, 5.74) is 6.49. The van der Waals surface area contributed by atoms with Crippen molar-refractivity contribution < 1.29 is 9.90 Å². The van der Waals surface area contributed by atoms with E-state index in [0.717, 1.165) is 24.8 Å². The smallest absolute Gasteiger partial charge is 0.324 e. The number of nitrogens with two attached hydrogens (primary N) is 1. The molecule has 3 atom stereocenters. The second-order valence-corrected chi connectivity index (χ2v) is 5.80. The molecule has 1 aromatic carbocycles. The molecule has 0 bridgehead atoms. The number of carbonyl (C=O) groups is 1. The van der Waals surface area contributed by atoms with Gasteiger partial charge in [0, 0.05) is 6.04 Å². The summed E-state index contributed by atoms with van der Waals surface area (Å²) in [5.74, 6) is -0.552. The maximum absolute atomic E-state index is 11.6. The lowest BCUT2D eigenvalue weighted by Gasteiger charge is -2.31. The highest BCUT2D eigenvalue weighted by Crippen LogP contribution is 2.35. The highest BCUT2D eigenvalue weighted by Gasteiger charge is 2.46. The van der Waals surface area contributed by atoms with Crippen LogP contribution in [-0.2, 0) is 4.79 Å². The Morgan fingerprint density at radius 3 is 2.55 bits per heavy atom. The van der Waals surface area contributed by atoms with Crippen molar-refractivity contribution in [2.75, 3.05) is 6.54 Å². The SMILES string of the molecule is CC1CCCC1(NCC[C@H](N)c1ccccc1)C(=O)O.Cl.Cl. The van der Waals surface area contributed by atoms with E-state index in [4.69, 9.17) is 5.73 Å². The molecule has 2 unspecified atom stereocenters. The van der Waals surface area contributed by atoms with Gasteiger partial charge in [0.05, 0.1) is 0 Å². The summed E-state index contributed by atoms with van der Waals surface area (Å²) >= 11 is 0. The van der Waals surface area contributed by atoms with Gasteiger partial charge >= 0.3 is 5.97 Å². The van der Waals surface area contributed by atoms with Gasteiger partial charge in [-0.05, 0) is 37.3 Å². The van der Waals surface area contributed by atoms with Crippen LogP contribution in [0.15, 0.2) is 30.3 Å². The van der Waals surface area contributed by atoms with Gasteiger partial charge in [0.25, 0.3) is 0 Å². The van der Waals surface area contributed by atoms with Crippen LogP contribution in [0.2, 0.25) is 0 Å². The summed E-state index contributed by atoms with van der Waals surface area (Å²) in [6, 6.07) is 9.88. The van der Waals surface area contributed by atoms with Crippen LogP contribution in [0.4, 0.5) is 0 Å². The largest absolute Gasteiger partial charge is 0.480 e. The fourth-order valence-electron chi connectivity index (χ4n) is 3.15. The molecule has 0 aromatic heterocycles. The van der Waals surface area contributed by atoms with E-state index in [1.54, 1.807) is 0 Å². The molecule has 1 fully saturated rings. The van der Waals surface area contributed by atoms with E-state index < -0.39 is 11.5 Å². The number of aliphatic carboxylic acids is 1. The van der Waals surface area contributed by atoms with Crippen LogP contribution < -0.4 is 11.1 Å². The zero-order valence-corrected chi connectivity index (χ0v) is 14.5. The van der Waals surface area contributed by atoms with Crippen LogP contribution in [0.25, 0.3) is 0 Å². The molecule has 1 saturated carbocycles. The number of rotatable bonds is 6. The second kappa shape index (κ2) is 9.36. The number of hydrogen-bond acceptors (Lipinski definition) is 3. The first-order valence-electron chi connectivity index (χ1n) is 7.35. The molecule has 1 aliphatic carbocycles. The van der Waals surface area contributed by atoms with Gasteiger partial charge in [0.1, 0.15) is 5.54 Å². The lowest BCUT2D eigenvalue weighted by atomic mass is 9.88. The van der Waals surface area contributed by atoms with Gasteiger partial charge in [-0.3, -0.25) is 4.79 Å². The minimum absolute atomic E-state index is 0. The molecule has 0 saturated heterocycles. The van der Waals surface area contributed by atoms with E-state index in [-0.39, 0.29) is 36.8 Å². The van der Waals surface area contributed by atoms with Gasteiger partial charge in [-0.2, -0.15) is 0 Å². The lowest BCUT2D eigenvalue weighted by molar-refractivity contribution is -0.146. The molecule has 4 nitrogen and oxygen atoms in total. The summed E-state index contributed by atoms with van der Waals surface area (Å²) in [4.78, 5) is 11.6. The fraction of sp³-hybridized carbons (Fsp3) is 0.562. The third kappa shape index (κ3) is 4.59. The fourth-order valence-corrected chi connectivity index (χ4v) is 3.15. The molecule has 2 rings (SSSR count). The van der Waals surface area contributed by atoms with E-state index in [1.165, 1.54) is 0 Å². The van der Waals surface area contributed by atoms with Crippen LogP contribution >= 0.6 is 24.8 Å². The van der Waals surface area contributed by atoms with Gasteiger partial charge < -0.3 is 16.2 Å². The predicted molar refractivity (Wildman–Crippen MR) is 93.9 cm³/mol. The number of carboxylic acid groups (broad SMARTS) is 1. The first kappa shape index (κ1) is 21.2. The summed E-state index contributed by atoms with van der Waals surface area (Å²) < 4.78 is 0. The molecule has 0 amide bonds. The van der Waals surface area contributed by atoms with Crippen molar-refractivity contribution >= 4 is 30.8 Å². The molecule has 22 heavy (non-hydrogen) atoms. The Morgan fingerprint density at radius 2 is 2.05 bits per heavy atom. The maximum Gasteiger partial charge on any atom is 0.324 e. The average Bonchev–Trinajstić information content (AvgIpc) is 2.82. The maximum atomic E-state index is 11.6. The molecule has 1 aliphatic rings. The molecule has 4 N–H and O–H groups in total. The number of carboxylic acids is 1. The molecule has 0 spiro atoms. The number of nitrogens with one attached hydrogen (secondary N) is 1. The summed E-state index contributed by atoms with van der Waals surface area (Å²) in [6.45, 7) is 2.65. The monoisotopic (exact) mass is 348 g/mol. The molecule has 1 aromatic rings. The Hall–Kier alpha value is -0.810. The van der Waals surface area contributed by atoms with Crippen molar-refractivity contribution in [3.8, 4) is 0 Å². The van der Waals surface area contributed by atoms with Crippen LogP contribution in [-0.4, -0.2) is 23.2 Å². The van der Waals surface area contributed by atoms with Crippen molar-refractivity contribution in [3.63, 3.8) is 0 Å². The van der Waals surface area contributed by atoms with E-state index in [0.29, 0.717) is 13.0 Å². The Kier molecular flexibility index (Phi) is 9.01. The van der Waals surface area contributed by atoms with E-state index in [2.05, 4.69) is 5.32 Å². The zero-order chi connectivity index (χ0) is 14.6. The average molecular weight is 349 g/mol. The molecule has 0 radical (unpaired) electrons. The van der Waals surface area contributed by atoms with Gasteiger partial charge in [0.2, 0.25) is 0 Å². The highest BCUT2D eigenvalue weighted by molar-refractivity contribution is 5.85. The quantitative estimate of drug-likeness (QED) is 0.737. The zero-order valence-electron chi connectivity index (χ0n) is 12.8. The first-order valence-corrected chi connectivity index (χ1v) is 7.35. The number of benzene rings is 1. The van der Waals surface area contributed by atoms with Crippen LogP contribution in [0.5, 0.6) is 0 Å². The normalized spacial score (nSPS) is 24.9. The minimum atomic E-state index is -0.754. The molecular weight excluding hydrogens is 323 g/mol. The van der Waals surface area contributed by atoms with Crippen molar-refractivity contribution in [1.82, 2.24) is 5.32 Å². The number of hydrogen-bond donors (Lipinski definition) is 3. The Bertz CT molecular complexity index is 459. The topological polar surface area (TPSA) is 75.3 Å². The first-order chi connectivity index (χ1) is 9.56. The highest BCUT2D eigenvalue weighted by atomic mass is 35.5. The third-order valence-electron chi connectivity index (χ3n) is 4.55. The number of halogens is 2. The standard InChI is InChI=1S/C16H24N2O2.2ClH/c1-12-6-5-10-16(12,15(19)20)18-11-9-14(17)13-7-3-2-4-8-13;;/h2-4,7-8,12,14,18H,5-6,9-11,17H2,1H3,(H,19,20);2*1H/t12?,14-,16?;;/m0../s1. The Balaban J connectivity index is 0.00000220. The molecule has 6 heteroatoms. The summed E-state index contributed by atoms with van der Waals surface area (Å²) in [6.07, 6.45) is 3.41. The van der Waals surface area contributed by atoms with Crippen molar-refractivity contribution in [2.24, 2.45) is 11.7 Å². The lowest BCUT2D eigenvalue weighted by Crippen LogP contribution is -2.54. The minimum Gasteiger partial charge on any atom is -0.480 e. The second-order valence-electron chi connectivity index (χ2n) is 5.80. The van der Waals surface area contributed by atoms with Crippen LogP contribution in [0, 0.1) is 5.92 Å². The van der Waals surface area contributed by atoms with E-state index >= 15 is 0 Å². The van der Waals surface area contributed by atoms with Crippen LogP contribution in [0.1, 0.15) is 44.2 Å². The van der Waals surface area contributed by atoms with Crippen molar-refractivity contribution in [3.05, 3.63) is 35.9 Å². The Labute approximate surface area is 144 Å². The van der Waals surface area contributed by atoms with Crippen molar-refractivity contribution in [2.45, 2.75) is 44.2 Å². The molecule has 0 aliphatic heterocycles. The third-order valence-corrected chi connectivity index (χ3v) is 4.55.